The summed E-state index contributed by atoms with van der Waals surface area (Å²) in [7, 11) is 3.81. The van der Waals surface area contributed by atoms with Crippen molar-refractivity contribution in [3.8, 4) is 0 Å². The van der Waals surface area contributed by atoms with Crippen LogP contribution in [-0.2, 0) is 9.53 Å². The fourth-order valence-corrected chi connectivity index (χ4v) is 2.18. The highest BCUT2D eigenvalue weighted by Crippen LogP contribution is 2.15. The Hall–Kier alpha value is -2.08. The number of hydrogen-bond acceptors (Lipinski definition) is 4. The molecular formula is C15H21N3O3. The van der Waals surface area contributed by atoms with Gasteiger partial charge in [0.05, 0.1) is 0 Å². The molecule has 2 amide bonds. The third kappa shape index (κ3) is 4.19. The second-order valence-electron chi connectivity index (χ2n) is 5.27. The highest BCUT2D eigenvalue weighted by molar-refractivity contribution is 5.96. The summed E-state index contributed by atoms with van der Waals surface area (Å²) in [5, 5.41) is 0. The van der Waals surface area contributed by atoms with Gasteiger partial charge in [-0.25, -0.2) is 0 Å². The Balaban J connectivity index is 1.89. The second-order valence-corrected chi connectivity index (χ2v) is 5.27. The lowest BCUT2D eigenvalue weighted by Crippen LogP contribution is -2.45. The molecule has 2 N–H and O–H groups in total. The number of carbonyl (C=O) groups is 2. The zero-order valence-corrected chi connectivity index (χ0v) is 12.4. The summed E-state index contributed by atoms with van der Waals surface area (Å²) in [4.78, 5) is 25.9. The molecule has 0 spiro atoms. The molecule has 1 saturated heterocycles. The van der Waals surface area contributed by atoms with Crippen LogP contribution in [-0.4, -0.2) is 39.1 Å². The number of nitrogens with zero attached hydrogens (tertiary/aromatic N) is 1. The normalized spacial score (nSPS) is 15.3. The Kier molecular flexibility index (Phi) is 5.16. The van der Waals surface area contributed by atoms with Gasteiger partial charge in [0, 0.05) is 44.5 Å². The zero-order chi connectivity index (χ0) is 15.2. The molecular weight excluding hydrogens is 270 g/mol. The molecule has 2 rings (SSSR count). The van der Waals surface area contributed by atoms with Crippen molar-refractivity contribution in [2.75, 3.05) is 32.2 Å². The average Bonchev–Trinajstić information content (AvgIpc) is 2.53. The van der Waals surface area contributed by atoms with Crippen molar-refractivity contribution in [2.45, 2.75) is 12.8 Å². The molecule has 1 aromatic rings. The summed E-state index contributed by atoms with van der Waals surface area (Å²) in [6.07, 6.45) is 1.38. The smallest absolute Gasteiger partial charge is 0.269 e. The van der Waals surface area contributed by atoms with Gasteiger partial charge in [-0.3, -0.25) is 20.4 Å². The summed E-state index contributed by atoms with van der Waals surface area (Å²) < 4.78 is 5.21. The van der Waals surface area contributed by atoms with Crippen LogP contribution in [0.3, 0.4) is 0 Å². The van der Waals surface area contributed by atoms with E-state index in [0.717, 1.165) is 5.69 Å². The number of hydrogen-bond donors (Lipinski definition) is 2. The van der Waals surface area contributed by atoms with Crippen molar-refractivity contribution >= 4 is 17.5 Å². The van der Waals surface area contributed by atoms with Gasteiger partial charge in [0.2, 0.25) is 5.91 Å². The maximum absolute atomic E-state index is 12.0. The molecule has 1 aliphatic rings. The topological polar surface area (TPSA) is 70.7 Å². The van der Waals surface area contributed by atoms with E-state index in [1.807, 2.05) is 31.1 Å². The van der Waals surface area contributed by atoms with Crippen molar-refractivity contribution in [1.29, 1.82) is 0 Å². The average molecular weight is 291 g/mol. The molecule has 6 nitrogen and oxygen atoms in total. The molecule has 1 heterocycles. The molecule has 0 atom stereocenters. The highest BCUT2D eigenvalue weighted by atomic mass is 16.5. The van der Waals surface area contributed by atoms with Crippen molar-refractivity contribution in [2.24, 2.45) is 5.92 Å². The standard InChI is InChI=1S/C15H21N3O3/c1-18(2)13-5-3-4-12(10-13)15(20)17-16-14(19)11-6-8-21-9-7-11/h3-5,10-11H,6-9H2,1-2H3,(H,16,19)(H,17,20). The number of hydrazine groups is 1. The minimum Gasteiger partial charge on any atom is -0.381 e. The zero-order valence-electron chi connectivity index (χ0n) is 12.4. The van der Waals surface area contributed by atoms with Gasteiger partial charge in [-0.2, -0.15) is 0 Å². The number of rotatable bonds is 3. The SMILES string of the molecule is CN(C)c1cccc(C(=O)NNC(=O)C2CCOCC2)c1. The minimum absolute atomic E-state index is 0.0906. The molecule has 0 aliphatic carbocycles. The van der Waals surface area contributed by atoms with E-state index in [4.69, 9.17) is 4.74 Å². The van der Waals surface area contributed by atoms with Crippen molar-refractivity contribution < 1.29 is 14.3 Å². The van der Waals surface area contributed by atoms with Crippen LogP contribution in [0.15, 0.2) is 24.3 Å². The van der Waals surface area contributed by atoms with Crippen LogP contribution in [0.4, 0.5) is 5.69 Å². The minimum atomic E-state index is -0.320. The Morgan fingerprint density at radius 3 is 2.57 bits per heavy atom. The van der Waals surface area contributed by atoms with E-state index >= 15 is 0 Å². The number of carbonyl (C=O) groups excluding carboxylic acids is 2. The number of ether oxygens (including phenoxy) is 1. The number of amides is 2. The molecule has 1 aliphatic heterocycles. The quantitative estimate of drug-likeness (QED) is 0.813. The van der Waals surface area contributed by atoms with E-state index in [1.54, 1.807) is 12.1 Å². The highest BCUT2D eigenvalue weighted by Gasteiger charge is 2.21. The molecule has 0 radical (unpaired) electrons. The number of benzene rings is 1. The van der Waals surface area contributed by atoms with E-state index in [-0.39, 0.29) is 17.7 Å². The van der Waals surface area contributed by atoms with Crippen LogP contribution < -0.4 is 15.8 Å². The first kappa shape index (κ1) is 15.3. The molecule has 0 bridgehead atoms. The molecule has 0 aromatic heterocycles. The van der Waals surface area contributed by atoms with Crippen LogP contribution in [0.25, 0.3) is 0 Å². The third-order valence-electron chi connectivity index (χ3n) is 3.52. The second kappa shape index (κ2) is 7.08. The lowest BCUT2D eigenvalue weighted by Gasteiger charge is -2.21. The maximum atomic E-state index is 12.0. The van der Waals surface area contributed by atoms with E-state index in [9.17, 15) is 9.59 Å². The summed E-state index contributed by atoms with van der Waals surface area (Å²) in [5.41, 5.74) is 6.39. The Bertz CT molecular complexity index is 511. The predicted octanol–water partition coefficient (Wildman–Crippen LogP) is 0.940. The van der Waals surface area contributed by atoms with Crippen LogP contribution in [0.2, 0.25) is 0 Å². The monoisotopic (exact) mass is 291 g/mol. The fourth-order valence-electron chi connectivity index (χ4n) is 2.18. The van der Waals surface area contributed by atoms with Crippen LogP contribution in [0, 0.1) is 5.92 Å². The molecule has 1 aromatic carbocycles. The van der Waals surface area contributed by atoms with E-state index in [2.05, 4.69) is 10.9 Å². The summed E-state index contributed by atoms with van der Waals surface area (Å²) in [6.45, 7) is 1.19. The van der Waals surface area contributed by atoms with Gasteiger partial charge in [0.1, 0.15) is 0 Å². The van der Waals surface area contributed by atoms with Gasteiger partial charge >= 0.3 is 0 Å². The summed E-state index contributed by atoms with van der Waals surface area (Å²) in [6, 6.07) is 7.21. The van der Waals surface area contributed by atoms with Gasteiger partial charge in [-0.05, 0) is 31.0 Å². The lowest BCUT2D eigenvalue weighted by molar-refractivity contribution is -0.128. The number of nitrogens with one attached hydrogen (secondary N) is 2. The van der Waals surface area contributed by atoms with E-state index in [1.165, 1.54) is 0 Å². The maximum Gasteiger partial charge on any atom is 0.269 e. The van der Waals surface area contributed by atoms with Crippen molar-refractivity contribution in [3.05, 3.63) is 29.8 Å². The van der Waals surface area contributed by atoms with Crippen molar-refractivity contribution in [1.82, 2.24) is 10.9 Å². The number of anilines is 1. The van der Waals surface area contributed by atoms with Crippen molar-refractivity contribution in [3.63, 3.8) is 0 Å². The Morgan fingerprint density at radius 1 is 1.19 bits per heavy atom. The Labute approximate surface area is 124 Å². The molecule has 0 saturated carbocycles. The van der Waals surface area contributed by atoms with Gasteiger partial charge in [-0.15, -0.1) is 0 Å². The fraction of sp³-hybridized carbons (Fsp3) is 0.467. The molecule has 6 heteroatoms. The van der Waals surface area contributed by atoms with E-state index in [0.29, 0.717) is 31.6 Å². The first-order valence-corrected chi connectivity index (χ1v) is 7.03. The van der Waals surface area contributed by atoms with Gasteiger partial charge in [0.25, 0.3) is 5.91 Å². The molecule has 21 heavy (non-hydrogen) atoms. The van der Waals surface area contributed by atoms with Gasteiger partial charge in [-0.1, -0.05) is 6.07 Å². The summed E-state index contributed by atoms with van der Waals surface area (Å²) in [5.74, 6) is -0.568. The van der Waals surface area contributed by atoms with Gasteiger partial charge in [0.15, 0.2) is 0 Å². The largest absolute Gasteiger partial charge is 0.381 e. The van der Waals surface area contributed by atoms with E-state index < -0.39 is 0 Å². The van der Waals surface area contributed by atoms with Crippen LogP contribution in [0.1, 0.15) is 23.2 Å². The molecule has 1 fully saturated rings. The summed E-state index contributed by atoms with van der Waals surface area (Å²) >= 11 is 0. The lowest BCUT2D eigenvalue weighted by atomic mass is 10.00. The van der Waals surface area contributed by atoms with Crippen LogP contribution in [0.5, 0.6) is 0 Å². The van der Waals surface area contributed by atoms with Gasteiger partial charge < -0.3 is 9.64 Å². The predicted molar refractivity (Wildman–Crippen MR) is 79.9 cm³/mol. The van der Waals surface area contributed by atoms with Crippen LogP contribution >= 0.6 is 0 Å². The molecule has 0 unspecified atom stereocenters. The third-order valence-corrected chi connectivity index (χ3v) is 3.52. The first-order chi connectivity index (χ1) is 10.1. The first-order valence-electron chi connectivity index (χ1n) is 7.03. The Morgan fingerprint density at radius 2 is 1.90 bits per heavy atom. The molecule has 114 valence electrons.